The number of hydrogen-bond donors (Lipinski definition) is 0. The van der Waals surface area contributed by atoms with Crippen molar-refractivity contribution in [2.75, 3.05) is 31.1 Å². The van der Waals surface area contributed by atoms with Crippen LogP contribution in [0.15, 0.2) is 55.1 Å². The number of likely N-dealkylation sites (tertiary alicyclic amines) is 1. The molecule has 4 bridgehead atoms. The number of benzene rings is 1. The smallest absolute Gasteiger partial charge is 0.240 e. The molecule has 5 heterocycles. The molecule has 154 valence electrons. The molecule has 0 unspecified atom stereocenters. The Labute approximate surface area is 175 Å². The first-order valence-electron chi connectivity index (χ1n) is 10.8. The minimum absolute atomic E-state index is 0.0293. The SMILES string of the molecule is C=CCN1C[C@@H]2C[C@H](C1)[C@]13C=C[C@H](C(=O)N1C2)[C@H]1C(=O)N(c2ccccc2)C(=O)[C@H]13. The number of para-hydroxylation sites is 1. The molecular formula is C24H25N3O3. The monoisotopic (exact) mass is 403 g/mol. The van der Waals surface area contributed by atoms with Crippen LogP contribution in [-0.4, -0.2) is 59.2 Å². The lowest BCUT2D eigenvalue weighted by Crippen LogP contribution is -2.75. The standard InChI is InChI=1S/C24H25N3O3/c1-2-10-25-12-15-11-16(14-25)24-9-8-18(21(28)26(24)13-15)19-20(24)23(30)27(22(19)29)17-6-4-3-5-7-17/h2-9,15-16,18-20H,1,10-14H2/t15-,16+,18-,19+,20-,24-/m0/s1. The molecule has 5 aliphatic heterocycles. The molecule has 4 saturated heterocycles. The summed E-state index contributed by atoms with van der Waals surface area (Å²) in [6.45, 7) is 7.12. The summed E-state index contributed by atoms with van der Waals surface area (Å²) in [6.07, 6.45) is 6.94. The fourth-order valence-corrected chi connectivity index (χ4v) is 6.94. The van der Waals surface area contributed by atoms with Gasteiger partial charge < -0.3 is 4.90 Å². The molecule has 30 heavy (non-hydrogen) atoms. The van der Waals surface area contributed by atoms with Crippen LogP contribution in [0.3, 0.4) is 0 Å². The molecule has 4 fully saturated rings. The van der Waals surface area contributed by atoms with Crippen LogP contribution in [0.2, 0.25) is 0 Å². The van der Waals surface area contributed by atoms with Gasteiger partial charge in [-0.05, 0) is 30.4 Å². The van der Waals surface area contributed by atoms with Crippen molar-refractivity contribution in [1.82, 2.24) is 9.80 Å². The van der Waals surface area contributed by atoms with Crippen molar-refractivity contribution in [3.05, 3.63) is 55.1 Å². The van der Waals surface area contributed by atoms with Gasteiger partial charge in [0.1, 0.15) is 0 Å². The Morgan fingerprint density at radius 3 is 2.60 bits per heavy atom. The summed E-state index contributed by atoms with van der Waals surface area (Å²) in [4.78, 5) is 46.4. The second kappa shape index (κ2) is 6.14. The zero-order valence-corrected chi connectivity index (χ0v) is 16.8. The first-order valence-corrected chi connectivity index (χ1v) is 10.8. The van der Waals surface area contributed by atoms with E-state index in [-0.39, 0.29) is 23.6 Å². The Morgan fingerprint density at radius 1 is 1.03 bits per heavy atom. The highest BCUT2D eigenvalue weighted by Gasteiger charge is 2.71. The van der Waals surface area contributed by atoms with Crippen LogP contribution in [0.25, 0.3) is 0 Å². The topological polar surface area (TPSA) is 60.9 Å². The molecule has 0 saturated carbocycles. The van der Waals surface area contributed by atoms with Crippen molar-refractivity contribution >= 4 is 23.4 Å². The van der Waals surface area contributed by atoms with Crippen molar-refractivity contribution < 1.29 is 14.4 Å². The summed E-state index contributed by atoms with van der Waals surface area (Å²) in [6, 6.07) is 9.13. The van der Waals surface area contributed by atoms with Crippen molar-refractivity contribution in [2.24, 2.45) is 29.6 Å². The molecular weight excluding hydrogens is 378 g/mol. The van der Waals surface area contributed by atoms with E-state index in [1.165, 1.54) is 4.90 Å². The highest BCUT2D eigenvalue weighted by molar-refractivity contribution is 6.24. The van der Waals surface area contributed by atoms with E-state index in [1.807, 2.05) is 35.3 Å². The fourth-order valence-electron chi connectivity index (χ4n) is 6.94. The van der Waals surface area contributed by atoms with Gasteiger partial charge in [-0.15, -0.1) is 6.58 Å². The Balaban J connectivity index is 1.47. The van der Waals surface area contributed by atoms with E-state index in [4.69, 9.17) is 0 Å². The number of amides is 3. The zero-order chi connectivity index (χ0) is 20.6. The van der Waals surface area contributed by atoms with Crippen molar-refractivity contribution in [1.29, 1.82) is 0 Å². The number of rotatable bonds is 3. The second-order valence-corrected chi connectivity index (χ2v) is 9.38. The predicted octanol–water partition coefficient (Wildman–Crippen LogP) is 1.70. The Kier molecular flexibility index (Phi) is 3.70. The van der Waals surface area contributed by atoms with Gasteiger partial charge in [-0.2, -0.15) is 0 Å². The second-order valence-electron chi connectivity index (χ2n) is 9.38. The van der Waals surface area contributed by atoms with Crippen LogP contribution in [-0.2, 0) is 14.4 Å². The molecule has 1 aromatic rings. The number of nitrogens with zero attached hydrogens (tertiary/aromatic N) is 3. The van der Waals surface area contributed by atoms with E-state index in [0.29, 0.717) is 18.2 Å². The van der Waals surface area contributed by atoms with Gasteiger partial charge in [0.15, 0.2) is 0 Å². The van der Waals surface area contributed by atoms with Crippen LogP contribution in [0.4, 0.5) is 5.69 Å². The third-order valence-electron chi connectivity index (χ3n) is 7.93. The number of fused-ring (bicyclic) bond motifs is 2. The van der Waals surface area contributed by atoms with Crippen molar-refractivity contribution in [2.45, 2.75) is 12.0 Å². The number of carbonyl (C=O) groups is 3. The summed E-state index contributed by atoms with van der Waals surface area (Å²) >= 11 is 0. The zero-order valence-electron chi connectivity index (χ0n) is 16.8. The maximum Gasteiger partial charge on any atom is 0.240 e. The molecule has 0 aromatic heterocycles. The lowest BCUT2D eigenvalue weighted by Gasteiger charge is -2.64. The summed E-state index contributed by atoms with van der Waals surface area (Å²) < 4.78 is 0. The van der Waals surface area contributed by atoms with Crippen molar-refractivity contribution in [3.63, 3.8) is 0 Å². The normalized spacial score (nSPS) is 39.3. The molecule has 6 nitrogen and oxygen atoms in total. The van der Waals surface area contributed by atoms with E-state index < -0.39 is 23.3 Å². The van der Waals surface area contributed by atoms with Crippen LogP contribution in [0, 0.1) is 29.6 Å². The summed E-state index contributed by atoms with van der Waals surface area (Å²) in [5.74, 6) is -1.40. The van der Waals surface area contributed by atoms with Gasteiger partial charge in [-0.1, -0.05) is 36.4 Å². The molecule has 0 radical (unpaired) electrons. The quantitative estimate of drug-likeness (QED) is 0.569. The van der Waals surface area contributed by atoms with Crippen LogP contribution < -0.4 is 4.90 Å². The van der Waals surface area contributed by atoms with Crippen molar-refractivity contribution in [3.8, 4) is 0 Å². The third-order valence-corrected chi connectivity index (χ3v) is 7.93. The van der Waals surface area contributed by atoms with Gasteiger partial charge in [-0.25, -0.2) is 4.90 Å². The lowest BCUT2D eigenvalue weighted by molar-refractivity contribution is -0.176. The first-order chi connectivity index (χ1) is 14.6. The number of hydrogen-bond acceptors (Lipinski definition) is 4. The fraction of sp³-hybridized carbons (Fsp3) is 0.458. The Morgan fingerprint density at radius 2 is 1.83 bits per heavy atom. The molecule has 1 aromatic carbocycles. The Bertz CT molecular complexity index is 989. The minimum Gasteiger partial charge on any atom is -0.332 e. The first kappa shape index (κ1) is 18.1. The van der Waals surface area contributed by atoms with E-state index in [2.05, 4.69) is 17.6 Å². The molecule has 6 atom stereocenters. The molecule has 1 spiro atoms. The average molecular weight is 403 g/mol. The number of anilines is 1. The summed E-state index contributed by atoms with van der Waals surface area (Å²) in [5, 5.41) is 0. The van der Waals surface area contributed by atoms with Crippen LogP contribution in [0.1, 0.15) is 6.42 Å². The molecule has 6 heteroatoms. The molecule has 1 aliphatic carbocycles. The molecule has 7 rings (SSSR count). The van der Waals surface area contributed by atoms with Gasteiger partial charge in [0.05, 0.1) is 29.0 Å². The highest BCUT2D eigenvalue weighted by Crippen LogP contribution is 2.58. The van der Waals surface area contributed by atoms with Gasteiger partial charge in [0.2, 0.25) is 17.7 Å². The van der Waals surface area contributed by atoms with Crippen LogP contribution >= 0.6 is 0 Å². The van der Waals surface area contributed by atoms with E-state index >= 15 is 0 Å². The summed E-state index contributed by atoms with van der Waals surface area (Å²) in [7, 11) is 0. The largest absolute Gasteiger partial charge is 0.332 e. The summed E-state index contributed by atoms with van der Waals surface area (Å²) in [5.41, 5.74) is -0.0920. The van der Waals surface area contributed by atoms with E-state index in [0.717, 1.165) is 26.1 Å². The van der Waals surface area contributed by atoms with Gasteiger partial charge in [0, 0.05) is 26.2 Å². The van der Waals surface area contributed by atoms with Gasteiger partial charge in [-0.3, -0.25) is 19.3 Å². The Hall–Kier alpha value is -2.73. The van der Waals surface area contributed by atoms with E-state index in [9.17, 15) is 14.4 Å². The molecule has 6 aliphatic rings. The maximum absolute atomic E-state index is 13.8. The average Bonchev–Trinajstić information content (AvgIpc) is 3.03. The number of imide groups is 1. The predicted molar refractivity (Wildman–Crippen MR) is 111 cm³/mol. The molecule has 0 N–H and O–H groups in total. The highest BCUT2D eigenvalue weighted by atomic mass is 16.2. The van der Waals surface area contributed by atoms with Gasteiger partial charge in [0.25, 0.3) is 0 Å². The number of piperidine rings is 3. The van der Waals surface area contributed by atoms with Crippen LogP contribution in [0.5, 0.6) is 0 Å². The molecule has 3 amide bonds. The minimum atomic E-state index is -0.691. The third kappa shape index (κ3) is 2.10. The lowest BCUT2D eigenvalue weighted by atomic mass is 9.54. The van der Waals surface area contributed by atoms with Gasteiger partial charge >= 0.3 is 0 Å². The van der Waals surface area contributed by atoms with E-state index in [1.54, 1.807) is 12.1 Å². The maximum atomic E-state index is 13.8. The number of carbonyl (C=O) groups excluding carboxylic acids is 3.